The number of rotatable bonds is 5. The third-order valence-corrected chi connectivity index (χ3v) is 4.64. The highest BCUT2D eigenvalue weighted by Crippen LogP contribution is 2.21. The minimum atomic E-state index is -0.447. The Bertz CT molecular complexity index is 750. The van der Waals surface area contributed by atoms with Crippen LogP contribution < -0.4 is 16.4 Å². The van der Waals surface area contributed by atoms with E-state index in [0.717, 1.165) is 43.6 Å². The monoisotopic (exact) mass is 337 g/mol. The van der Waals surface area contributed by atoms with Crippen LogP contribution in [0.25, 0.3) is 11.1 Å². The van der Waals surface area contributed by atoms with Gasteiger partial charge in [-0.2, -0.15) is 0 Å². The maximum absolute atomic E-state index is 12.4. The van der Waals surface area contributed by atoms with Crippen molar-refractivity contribution in [2.45, 2.75) is 12.8 Å². The van der Waals surface area contributed by atoms with Gasteiger partial charge < -0.3 is 16.4 Å². The standard InChI is InChI=1S/C20H23N3O2/c21-19(24)16-6-4-15(5-7-16)17-2-1-3-18(12-17)20(25)23-13-14-8-10-22-11-9-14/h1-7,12,14,22H,8-11,13H2,(H2,21,24)(H,23,25). The number of hydrogen-bond donors (Lipinski definition) is 3. The van der Waals surface area contributed by atoms with Gasteiger partial charge in [0.1, 0.15) is 0 Å². The molecule has 2 aromatic carbocycles. The van der Waals surface area contributed by atoms with Gasteiger partial charge in [-0.3, -0.25) is 9.59 Å². The molecule has 4 N–H and O–H groups in total. The van der Waals surface area contributed by atoms with E-state index >= 15 is 0 Å². The molecule has 25 heavy (non-hydrogen) atoms. The number of carbonyl (C=O) groups is 2. The van der Waals surface area contributed by atoms with E-state index < -0.39 is 5.91 Å². The summed E-state index contributed by atoms with van der Waals surface area (Å²) in [4.78, 5) is 23.6. The molecule has 0 spiro atoms. The number of primary amides is 1. The molecular weight excluding hydrogens is 314 g/mol. The predicted octanol–water partition coefficient (Wildman–Crippen LogP) is 2.18. The van der Waals surface area contributed by atoms with Gasteiger partial charge in [-0.25, -0.2) is 0 Å². The number of benzene rings is 2. The molecule has 1 heterocycles. The number of amides is 2. The van der Waals surface area contributed by atoms with Gasteiger partial charge in [0, 0.05) is 17.7 Å². The average molecular weight is 337 g/mol. The SMILES string of the molecule is NC(=O)c1ccc(-c2cccc(C(=O)NCC3CCNCC3)c2)cc1. The second-order valence-corrected chi connectivity index (χ2v) is 6.43. The van der Waals surface area contributed by atoms with Crippen LogP contribution in [0.5, 0.6) is 0 Å². The molecule has 0 atom stereocenters. The summed E-state index contributed by atoms with van der Waals surface area (Å²) in [6, 6.07) is 14.6. The van der Waals surface area contributed by atoms with E-state index in [9.17, 15) is 9.59 Å². The van der Waals surface area contributed by atoms with Gasteiger partial charge in [-0.05, 0) is 67.2 Å². The molecule has 5 nitrogen and oxygen atoms in total. The molecule has 1 fully saturated rings. The van der Waals surface area contributed by atoms with Crippen molar-refractivity contribution in [1.82, 2.24) is 10.6 Å². The summed E-state index contributed by atoms with van der Waals surface area (Å²) < 4.78 is 0. The smallest absolute Gasteiger partial charge is 0.251 e. The van der Waals surface area contributed by atoms with Gasteiger partial charge in [0.2, 0.25) is 5.91 Å². The van der Waals surface area contributed by atoms with Crippen LogP contribution in [0.2, 0.25) is 0 Å². The van der Waals surface area contributed by atoms with Crippen molar-refractivity contribution in [3.63, 3.8) is 0 Å². The summed E-state index contributed by atoms with van der Waals surface area (Å²) in [6.07, 6.45) is 2.21. The molecule has 0 radical (unpaired) electrons. The highest BCUT2D eigenvalue weighted by atomic mass is 16.2. The van der Waals surface area contributed by atoms with Crippen LogP contribution in [0.3, 0.4) is 0 Å². The van der Waals surface area contributed by atoms with Crippen molar-refractivity contribution >= 4 is 11.8 Å². The predicted molar refractivity (Wildman–Crippen MR) is 98.3 cm³/mol. The molecule has 3 rings (SSSR count). The summed E-state index contributed by atoms with van der Waals surface area (Å²) in [7, 11) is 0. The van der Waals surface area contributed by atoms with Gasteiger partial charge >= 0.3 is 0 Å². The Hall–Kier alpha value is -2.66. The fourth-order valence-corrected chi connectivity index (χ4v) is 3.09. The number of nitrogens with two attached hydrogens (primary N) is 1. The minimum Gasteiger partial charge on any atom is -0.366 e. The Morgan fingerprint density at radius 2 is 1.72 bits per heavy atom. The molecule has 0 bridgehead atoms. The van der Waals surface area contributed by atoms with E-state index in [-0.39, 0.29) is 5.91 Å². The first-order valence-electron chi connectivity index (χ1n) is 8.63. The van der Waals surface area contributed by atoms with Crippen molar-refractivity contribution in [3.8, 4) is 11.1 Å². The summed E-state index contributed by atoms with van der Waals surface area (Å²) in [5, 5.41) is 6.37. The number of piperidine rings is 1. The van der Waals surface area contributed by atoms with E-state index in [1.165, 1.54) is 0 Å². The zero-order valence-corrected chi connectivity index (χ0v) is 14.1. The highest BCUT2D eigenvalue weighted by molar-refractivity contribution is 5.96. The Balaban J connectivity index is 1.67. The van der Waals surface area contributed by atoms with Gasteiger partial charge in [0.25, 0.3) is 5.91 Å². The van der Waals surface area contributed by atoms with Crippen molar-refractivity contribution in [1.29, 1.82) is 0 Å². The highest BCUT2D eigenvalue weighted by Gasteiger charge is 2.15. The lowest BCUT2D eigenvalue weighted by Crippen LogP contribution is -2.35. The Morgan fingerprint density at radius 1 is 1.00 bits per heavy atom. The summed E-state index contributed by atoms with van der Waals surface area (Å²) in [6.45, 7) is 2.77. The number of hydrogen-bond acceptors (Lipinski definition) is 3. The van der Waals surface area contributed by atoms with E-state index in [2.05, 4.69) is 10.6 Å². The molecular formula is C20H23N3O2. The fraction of sp³-hybridized carbons (Fsp3) is 0.300. The lowest BCUT2D eigenvalue weighted by Gasteiger charge is -2.22. The Labute approximate surface area is 147 Å². The van der Waals surface area contributed by atoms with Crippen LogP contribution in [-0.4, -0.2) is 31.4 Å². The van der Waals surface area contributed by atoms with Gasteiger partial charge in [0.15, 0.2) is 0 Å². The topological polar surface area (TPSA) is 84.2 Å². The van der Waals surface area contributed by atoms with Crippen molar-refractivity contribution in [2.24, 2.45) is 11.7 Å². The molecule has 0 aromatic heterocycles. The van der Waals surface area contributed by atoms with E-state index in [4.69, 9.17) is 5.73 Å². The normalized spacial score (nSPS) is 14.9. The Morgan fingerprint density at radius 3 is 2.40 bits per heavy atom. The molecule has 0 unspecified atom stereocenters. The molecule has 1 aliphatic heterocycles. The molecule has 0 aliphatic carbocycles. The summed E-state index contributed by atoms with van der Waals surface area (Å²) >= 11 is 0. The first kappa shape index (κ1) is 17.2. The van der Waals surface area contributed by atoms with Gasteiger partial charge in [-0.1, -0.05) is 24.3 Å². The number of carbonyl (C=O) groups excluding carboxylic acids is 2. The maximum Gasteiger partial charge on any atom is 0.251 e. The van der Waals surface area contributed by atoms with Gasteiger partial charge in [0.05, 0.1) is 0 Å². The third kappa shape index (κ3) is 4.45. The van der Waals surface area contributed by atoms with E-state index in [1.54, 1.807) is 12.1 Å². The second kappa shape index (κ2) is 7.94. The lowest BCUT2D eigenvalue weighted by atomic mass is 9.98. The first-order chi connectivity index (χ1) is 12.1. The number of nitrogens with one attached hydrogen (secondary N) is 2. The van der Waals surface area contributed by atoms with Gasteiger partial charge in [-0.15, -0.1) is 0 Å². The largest absolute Gasteiger partial charge is 0.366 e. The molecule has 1 aliphatic rings. The van der Waals surface area contributed by atoms with Crippen LogP contribution in [0.15, 0.2) is 48.5 Å². The van der Waals surface area contributed by atoms with Crippen molar-refractivity contribution in [3.05, 3.63) is 59.7 Å². The molecule has 5 heteroatoms. The zero-order valence-electron chi connectivity index (χ0n) is 14.1. The fourth-order valence-electron chi connectivity index (χ4n) is 3.09. The van der Waals surface area contributed by atoms with Crippen LogP contribution in [0.1, 0.15) is 33.6 Å². The third-order valence-electron chi connectivity index (χ3n) is 4.64. The summed E-state index contributed by atoms with van der Waals surface area (Å²) in [5.74, 6) is 0.0569. The van der Waals surface area contributed by atoms with E-state index in [1.807, 2.05) is 36.4 Å². The second-order valence-electron chi connectivity index (χ2n) is 6.43. The van der Waals surface area contributed by atoms with Crippen LogP contribution >= 0.6 is 0 Å². The molecule has 2 aromatic rings. The maximum atomic E-state index is 12.4. The molecule has 1 saturated heterocycles. The van der Waals surface area contributed by atoms with Crippen molar-refractivity contribution < 1.29 is 9.59 Å². The summed E-state index contributed by atoms with van der Waals surface area (Å²) in [5.41, 5.74) is 8.26. The van der Waals surface area contributed by atoms with Crippen LogP contribution in [0, 0.1) is 5.92 Å². The van der Waals surface area contributed by atoms with Crippen LogP contribution in [-0.2, 0) is 0 Å². The van der Waals surface area contributed by atoms with Crippen molar-refractivity contribution in [2.75, 3.05) is 19.6 Å². The molecule has 130 valence electrons. The average Bonchev–Trinajstić information content (AvgIpc) is 2.67. The lowest BCUT2D eigenvalue weighted by molar-refractivity contribution is 0.0943. The van der Waals surface area contributed by atoms with E-state index in [0.29, 0.717) is 17.0 Å². The minimum absolute atomic E-state index is 0.0471. The Kier molecular flexibility index (Phi) is 5.46. The quantitative estimate of drug-likeness (QED) is 0.782. The zero-order chi connectivity index (χ0) is 17.6. The molecule has 0 saturated carbocycles. The van der Waals surface area contributed by atoms with Crippen LogP contribution in [0.4, 0.5) is 0 Å². The first-order valence-corrected chi connectivity index (χ1v) is 8.63. The molecule has 2 amide bonds.